The summed E-state index contributed by atoms with van der Waals surface area (Å²) in [5.74, 6) is 3.02. The van der Waals surface area contributed by atoms with Crippen molar-refractivity contribution in [1.82, 2.24) is 15.2 Å². The van der Waals surface area contributed by atoms with Gasteiger partial charge in [0.15, 0.2) is 5.82 Å². The van der Waals surface area contributed by atoms with E-state index in [2.05, 4.69) is 32.3 Å². The Morgan fingerprint density at radius 2 is 2.13 bits per heavy atom. The molecule has 0 aliphatic carbocycles. The van der Waals surface area contributed by atoms with Crippen molar-refractivity contribution in [2.24, 2.45) is 5.92 Å². The summed E-state index contributed by atoms with van der Waals surface area (Å²) in [6, 6.07) is 7.98. The number of aromatic nitrogens is 3. The normalized spacial score (nSPS) is 17.8. The number of methoxy groups -OCH3 is 1. The lowest BCUT2D eigenvalue weighted by atomic mass is 10.0. The third-order valence-corrected chi connectivity index (χ3v) is 4.12. The first-order chi connectivity index (χ1) is 11.2. The molecule has 0 radical (unpaired) electrons. The largest absolute Gasteiger partial charge is 0.497 e. The molecular formula is C17H23N5O. The molecule has 1 unspecified atom stereocenters. The Morgan fingerprint density at radius 1 is 1.30 bits per heavy atom. The predicted octanol–water partition coefficient (Wildman–Crippen LogP) is 2.73. The zero-order valence-electron chi connectivity index (χ0n) is 13.7. The molecule has 1 aromatic carbocycles. The highest BCUT2D eigenvalue weighted by molar-refractivity contribution is 5.40. The fourth-order valence-electron chi connectivity index (χ4n) is 2.82. The van der Waals surface area contributed by atoms with Gasteiger partial charge in [-0.05, 0) is 36.5 Å². The standard InChI is InChI=1S/C17H23N5O/c1-13-4-3-9-22(12-13)17-20-16(11-19-21-17)18-10-14-5-7-15(23-2)8-6-14/h5-8,11,13H,3-4,9-10,12H2,1-2H3,(H,18,20,21). The number of benzene rings is 1. The van der Waals surface area contributed by atoms with Crippen molar-refractivity contribution in [3.05, 3.63) is 36.0 Å². The fourth-order valence-corrected chi connectivity index (χ4v) is 2.82. The van der Waals surface area contributed by atoms with Gasteiger partial charge < -0.3 is 15.0 Å². The van der Waals surface area contributed by atoms with Gasteiger partial charge >= 0.3 is 0 Å². The van der Waals surface area contributed by atoms with Crippen molar-refractivity contribution in [2.75, 3.05) is 30.4 Å². The lowest BCUT2D eigenvalue weighted by molar-refractivity contribution is 0.414. The molecule has 0 bridgehead atoms. The lowest BCUT2D eigenvalue weighted by Gasteiger charge is -2.30. The Kier molecular flexibility index (Phi) is 4.90. The number of nitrogens with one attached hydrogen (secondary N) is 1. The molecular weight excluding hydrogens is 290 g/mol. The molecule has 2 aromatic rings. The van der Waals surface area contributed by atoms with Crippen LogP contribution in [0.1, 0.15) is 25.3 Å². The quantitative estimate of drug-likeness (QED) is 0.916. The summed E-state index contributed by atoms with van der Waals surface area (Å²) in [7, 11) is 1.67. The Labute approximate surface area is 136 Å². The van der Waals surface area contributed by atoms with E-state index in [1.165, 1.54) is 12.8 Å². The highest BCUT2D eigenvalue weighted by Gasteiger charge is 2.19. The van der Waals surface area contributed by atoms with Crippen molar-refractivity contribution >= 4 is 11.8 Å². The Bertz CT molecular complexity index is 631. The SMILES string of the molecule is COc1ccc(CNc2cnnc(N3CCCC(C)C3)n2)cc1. The minimum absolute atomic E-state index is 0.684. The predicted molar refractivity (Wildman–Crippen MR) is 90.8 cm³/mol. The molecule has 122 valence electrons. The van der Waals surface area contributed by atoms with E-state index < -0.39 is 0 Å². The van der Waals surface area contributed by atoms with Crippen LogP contribution in [0.2, 0.25) is 0 Å². The second-order valence-electron chi connectivity index (χ2n) is 6.04. The van der Waals surface area contributed by atoms with Gasteiger partial charge in [-0.3, -0.25) is 0 Å². The Balaban J connectivity index is 1.62. The van der Waals surface area contributed by atoms with Crippen LogP contribution in [0.4, 0.5) is 11.8 Å². The fraction of sp³-hybridized carbons (Fsp3) is 0.471. The summed E-state index contributed by atoms with van der Waals surface area (Å²) in [6.45, 7) is 4.97. The number of piperidine rings is 1. The van der Waals surface area contributed by atoms with Gasteiger partial charge in [-0.15, -0.1) is 5.10 Å². The molecule has 1 saturated heterocycles. The molecule has 23 heavy (non-hydrogen) atoms. The molecule has 0 saturated carbocycles. The molecule has 2 heterocycles. The average molecular weight is 313 g/mol. The second kappa shape index (κ2) is 7.26. The number of hydrogen-bond acceptors (Lipinski definition) is 6. The van der Waals surface area contributed by atoms with Crippen LogP contribution in [0, 0.1) is 5.92 Å². The van der Waals surface area contributed by atoms with Crippen molar-refractivity contribution < 1.29 is 4.74 Å². The molecule has 1 atom stereocenters. The zero-order valence-corrected chi connectivity index (χ0v) is 13.7. The summed E-state index contributed by atoms with van der Waals surface area (Å²) < 4.78 is 5.17. The minimum atomic E-state index is 0.684. The number of hydrogen-bond donors (Lipinski definition) is 1. The smallest absolute Gasteiger partial charge is 0.247 e. The van der Waals surface area contributed by atoms with Gasteiger partial charge in [-0.1, -0.05) is 19.1 Å². The van der Waals surface area contributed by atoms with Crippen molar-refractivity contribution in [3.8, 4) is 5.75 Å². The van der Waals surface area contributed by atoms with E-state index in [1.807, 2.05) is 24.3 Å². The lowest BCUT2D eigenvalue weighted by Crippen LogP contribution is -2.35. The molecule has 3 rings (SSSR count). The second-order valence-corrected chi connectivity index (χ2v) is 6.04. The number of rotatable bonds is 5. The van der Waals surface area contributed by atoms with E-state index in [0.717, 1.165) is 36.2 Å². The third kappa shape index (κ3) is 4.09. The molecule has 1 aromatic heterocycles. The van der Waals surface area contributed by atoms with Gasteiger partial charge in [0, 0.05) is 19.6 Å². The first kappa shape index (κ1) is 15.5. The first-order valence-electron chi connectivity index (χ1n) is 8.06. The molecule has 1 aliphatic rings. The van der Waals surface area contributed by atoms with Crippen LogP contribution in [-0.2, 0) is 6.54 Å². The van der Waals surface area contributed by atoms with Gasteiger partial charge in [0.25, 0.3) is 0 Å². The van der Waals surface area contributed by atoms with Gasteiger partial charge in [0.2, 0.25) is 5.95 Å². The van der Waals surface area contributed by atoms with E-state index in [9.17, 15) is 0 Å². The maximum absolute atomic E-state index is 5.17. The van der Waals surface area contributed by atoms with Gasteiger partial charge in [0.05, 0.1) is 13.3 Å². The van der Waals surface area contributed by atoms with Crippen LogP contribution >= 0.6 is 0 Å². The number of anilines is 2. The van der Waals surface area contributed by atoms with Crippen LogP contribution in [-0.4, -0.2) is 35.4 Å². The van der Waals surface area contributed by atoms with Crippen LogP contribution < -0.4 is 15.0 Å². The van der Waals surface area contributed by atoms with Crippen LogP contribution in [0.3, 0.4) is 0 Å². The summed E-state index contributed by atoms with van der Waals surface area (Å²) in [5.41, 5.74) is 1.16. The van der Waals surface area contributed by atoms with Crippen LogP contribution in [0.15, 0.2) is 30.5 Å². The van der Waals surface area contributed by atoms with Gasteiger partial charge in [-0.2, -0.15) is 10.1 Å². The molecule has 6 heteroatoms. The van der Waals surface area contributed by atoms with Crippen molar-refractivity contribution in [2.45, 2.75) is 26.3 Å². The molecule has 1 N–H and O–H groups in total. The number of ether oxygens (including phenoxy) is 1. The van der Waals surface area contributed by atoms with Crippen molar-refractivity contribution in [3.63, 3.8) is 0 Å². The molecule has 1 aliphatic heterocycles. The van der Waals surface area contributed by atoms with Crippen LogP contribution in [0.5, 0.6) is 5.75 Å². The first-order valence-corrected chi connectivity index (χ1v) is 8.06. The minimum Gasteiger partial charge on any atom is -0.497 e. The molecule has 1 fully saturated rings. The van der Waals surface area contributed by atoms with E-state index in [4.69, 9.17) is 4.74 Å². The van der Waals surface area contributed by atoms with E-state index in [0.29, 0.717) is 12.5 Å². The maximum atomic E-state index is 5.17. The zero-order chi connectivity index (χ0) is 16.1. The van der Waals surface area contributed by atoms with E-state index in [1.54, 1.807) is 13.3 Å². The van der Waals surface area contributed by atoms with Gasteiger partial charge in [-0.25, -0.2) is 0 Å². The topological polar surface area (TPSA) is 63.2 Å². The molecule has 0 spiro atoms. The Hall–Kier alpha value is -2.37. The average Bonchev–Trinajstić information content (AvgIpc) is 2.61. The summed E-state index contributed by atoms with van der Waals surface area (Å²) in [4.78, 5) is 6.82. The third-order valence-electron chi connectivity index (χ3n) is 4.12. The number of nitrogens with zero attached hydrogens (tertiary/aromatic N) is 4. The molecule has 0 amide bonds. The highest BCUT2D eigenvalue weighted by Crippen LogP contribution is 2.20. The van der Waals surface area contributed by atoms with Gasteiger partial charge in [0.1, 0.15) is 5.75 Å². The van der Waals surface area contributed by atoms with Crippen molar-refractivity contribution in [1.29, 1.82) is 0 Å². The summed E-state index contributed by atoms with van der Waals surface area (Å²) in [5, 5.41) is 11.6. The highest BCUT2D eigenvalue weighted by atomic mass is 16.5. The summed E-state index contributed by atoms with van der Waals surface area (Å²) in [6.07, 6.45) is 4.13. The Morgan fingerprint density at radius 3 is 2.87 bits per heavy atom. The monoisotopic (exact) mass is 313 g/mol. The van der Waals surface area contributed by atoms with Crippen LogP contribution in [0.25, 0.3) is 0 Å². The maximum Gasteiger partial charge on any atom is 0.247 e. The van der Waals surface area contributed by atoms with E-state index in [-0.39, 0.29) is 0 Å². The summed E-state index contributed by atoms with van der Waals surface area (Å²) >= 11 is 0. The van der Waals surface area contributed by atoms with E-state index >= 15 is 0 Å². The molecule has 6 nitrogen and oxygen atoms in total.